The molecule has 1 rings (SSSR count). The fourth-order valence-corrected chi connectivity index (χ4v) is 1.33. The summed E-state index contributed by atoms with van der Waals surface area (Å²) in [6.45, 7) is 6.58. The molecule has 0 unspecified atom stereocenters. The summed E-state index contributed by atoms with van der Waals surface area (Å²) < 4.78 is 0. The second-order valence-corrected chi connectivity index (χ2v) is 3.85. The number of hydrogen-bond donors (Lipinski definition) is 1. The van der Waals surface area contributed by atoms with Crippen molar-refractivity contribution in [1.29, 1.82) is 5.26 Å². The fourth-order valence-electron chi connectivity index (χ4n) is 1.14. The first-order chi connectivity index (χ1) is 7.13. The first-order valence-corrected chi connectivity index (χ1v) is 5.09. The second-order valence-electron chi connectivity index (χ2n) is 3.44. The predicted molar refractivity (Wildman–Crippen MR) is 64.1 cm³/mol. The fraction of sp³-hybridized carbons (Fsp3) is 0.250. The predicted octanol–water partition coefficient (Wildman–Crippen LogP) is 3.59. The Hall–Kier alpha value is -1.46. The Morgan fingerprint density at radius 3 is 2.93 bits per heavy atom. The van der Waals surface area contributed by atoms with Gasteiger partial charge in [-0.2, -0.15) is 5.26 Å². The molecule has 0 fully saturated rings. The van der Waals surface area contributed by atoms with Crippen molar-refractivity contribution in [3.05, 3.63) is 40.9 Å². The first-order valence-electron chi connectivity index (χ1n) is 4.71. The molecule has 0 radical (unpaired) electrons. The van der Waals surface area contributed by atoms with Crippen molar-refractivity contribution in [1.82, 2.24) is 0 Å². The van der Waals surface area contributed by atoms with Crippen molar-refractivity contribution in [3.63, 3.8) is 0 Å². The molecule has 2 nitrogen and oxygen atoms in total. The average Bonchev–Trinajstić information content (AvgIpc) is 2.20. The highest BCUT2D eigenvalue weighted by molar-refractivity contribution is 6.33. The molecule has 1 N–H and O–H groups in total. The van der Waals surface area contributed by atoms with E-state index in [0.29, 0.717) is 10.6 Å². The number of hydrogen-bond acceptors (Lipinski definition) is 2. The van der Waals surface area contributed by atoms with Crippen LogP contribution < -0.4 is 5.32 Å². The highest BCUT2D eigenvalue weighted by atomic mass is 35.5. The lowest BCUT2D eigenvalue weighted by Gasteiger charge is -2.08. The standard InChI is InChI=1S/C12H13ClN2/c1-9(2)5-6-15-12-7-10(8-14)3-4-11(12)13/h3-4,7,15H,1,5-6H2,2H3. The minimum Gasteiger partial charge on any atom is -0.383 e. The van der Waals surface area contributed by atoms with E-state index in [2.05, 4.69) is 18.0 Å². The molecule has 0 spiro atoms. The Labute approximate surface area is 95.2 Å². The van der Waals surface area contributed by atoms with E-state index >= 15 is 0 Å². The number of nitrogens with one attached hydrogen (secondary N) is 1. The van der Waals surface area contributed by atoms with E-state index in [0.717, 1.165) is 24.2 Å². The Kier molecular flexibility index (Phi) is 4.20. The lowest BCUT2D eigenvalue weighted by molar-refractivity contribution is 1.00. The number of nitriles is 1. The molecule has 15 heavy (non-hydrogen) atoms. The molecule has 1 aromatic rings. The van der Waals surface area contributed by atoms with Gasteiger partial charge < -0.3 is 5.32 Å². The summed E-state index contributed by atoms with van der Waals surface area (Å²) in [4.78, 5) is 0. The van der Waals surface area contributed by atoms with E-state index in [1.165, 1.54) is 0 Å². The van der Waals surface area contributed by atoms with Crippen molar-refractivity contribution in [2.75, 3.05) is 11.9 Å². The Morgan fingerprint density at radius 2 is 2.33 bits per heavy atom. The number of halogens is 1. The summed E-state index contributed by atoms with van der Waals surface area (Å²) in [5.74, 6) is 0. The summed E-state index contributed by atoms with van der Waals surface area (Å²) in [6.07, 6.45) is 0.896. The van der Waals surface area contributed by atoms with Gasteiger partial charge in [0.1, 0.15) is 0 Å². The van der Waals surface area contributed by atoms with Gasteiger partial charge in [0.2, 0.25) is 0 Å². The highest BCUT2D eigenvalue weighted by Gasteiger charge is 2.00. The van der Waals surface area contributed by atoms with E-state index in [1.54, 1.807) is 18.2 Å². The van der Waals surface area contributed by atoms with Crippen LogP contribution in [0.3, 0.4) is 0 Å². The molecule has 0 amide bonds. The molecule has 0 bridgehead atoms. The van der Waals surface area contributed by atoms with Gasteiger partial charge in [-0.25, -0.2) is 0 Å². The van der Waals surface area contributed by atoms with Crippen molar-refractivity contribution >= 4 is 17.3 Å². The van der Waals surface area contributed by atoms with Crippen molar-refractivity contribution in [2.24, 2.45) is 0 Å². The summed E-state index contributed by atoms with van der Waals surface area (Å²) in [7, 11) is 0. The van der Waals surface area contributed by atoms with Crippen molar-refractivity contribution in [2.45, 2.75) is 13.3 Å². The van der Waals surface area contributed by atoms with E-state index in [-0.39, 0.29) is 0 Å². The summed E-state index contributed by atoms with van der Waals surface area (Å²) in [5.41, 5.74) is 2.53. The molecule has 0 aliphatic rings. The summed E-state index contributed by atoms with van der Waals surface area (Å²) in [6, 6.07) is 7.25. The number of benzene rings is 1. The molecule has 0 saturated heterocycles. The highest BCUT2D eigenvalue weighted by Crippen LogP contribution is 2.22. The maximum absolute atomic E-state index is 8.73. The van der Waals surface area contributed by atoms with Crippen LogP contribution in [0.2, 0.25) is 5.02 Å². The smallest absolute Gasteiger partial charge is 0.0992 e. The van der Waals surface area contributed by atoms with Gasteiger partial charge in [0.15, 0.2) is 0 Å². The average molecular weight is 221 g/mol. The Morgan fingerprint density at radius 1 is 1.60 bits per heavy atom. The molecule has 1 aromatic carbocycles. The monoisotopic (exact) mass is 220 g/mol. The summed E-state index contributed by atoms with van der Waals surface area (Å²) >= 11 is 5.97. The van der Waals surface area contributed by atoms with Crippen LogP contribution in [0.15, 0.2) is 30.4 Å². The molecule has 0 aromatic heterocycles. The first kappa shape index (κ1) is 11.6. The zero-order chi connectivity index (χ0) is 11.3. The van der Waals surface area contributed by atoms with Crippen LogP contribution in [-0.4, -0.2) is 6.54 Å². The molecule has 0 aliphatic carbocycles. The topological polar surface area (TPSA) is 35.8 Å². The van der Waals surface area contributed by atoms with E-state index in [1.807, 2.05) is 6.92 Å². The van der Waals surface area contributed by atoms with Gasteiger partial charge in [-0.3, -0.25) is 0 Å². The van der Waals surface area contributed by atoms with Gasteiger partial charge in [-0.15, -0.1) is 6.58 Å². The molecule has 0 saturated carbocycles. The van der Waals surface area contributed by atoms with Crippen LogP contribution in [-0.2, 0) is 0 Å². The molecule has 78 valence electrons. The third-order valence-electron chi connectivity index (χ3n) is 1.96. The van der Waals surface area contributed by atoms with E-state index in [9.17, 15) is 0 Å². The van der Waals surface area contributed by atoms with Crippen LogP contribution in [0, 0.1) is 11.3 Å². The summed E-state index contributed by atoms with van der Waals surface area (Å²) in [5, 5.41) is 12.5. The van der Waals surface area contributed by atoms with Crippen LogP contribution >= 0.6 is 11.6 Å². The van der Waals surface area contributed by atoms with Gasteiger partial charge in [0, 0.05) is 6.54 Å². The SMILES string of the molecule is C=C(C)CCNc1cc(C#N)ccc1Cl. The molecular weight excluding hydrogens is 208 g/mol. The largest absolute Gasteiger partial charge is 0.383 e. The van der Waals surface area contributed by atoms with Crippen molar-refractivity contribution in [3.8, 4) is 6.07 Å². The van der Waals surface area contributed by atoms with Crippen LogP contribution in [0.1, 0.15) is 18.9 Å². The minimum atomic E-state index is 0.609. The van der Waals surface area contributed by atoms with E-state index < -0.39 is 0 Å². The van der Waals surface area contributed by atoms with Gasteiger partial charge in [-0.05, 0) is 31.5 Å². The molecule has 0 heterocycles. The zero-order valence-corrected chi connectivity index (χ0v) is 9.43. The lowest BCUT2D eigenvalue weighted by Crippen LogP contribution is -2.02. The third kappa shape index (κ3) is 3.65. The van der Waals surface area contributed by atoms with Gasteiger partial charge in [0.25, 0.3) is 0 Å². The molecular formula is C12H13ClN2. The van der Waals surface area contributed by atoms with Crippen LogP contribution in [0.5, 0.6) is 0 Å². The number of rotatable bonds is 4. The van der Waals surface area contributed by atoms with Gasteiger partial charge >= 0.3 is 0 Å². The lowest BCUT2D eigenvalue weighted by atomic mass is 10.2. The maximum atomic E-state index is 8.73. The second kappa shape index (κ2) is 5.43. The number of anilines is 1. The molecule has 0 atom stereocenters. The normalized spacial score (nSPS) is 9.40. The third-order valence-corrected chi connectivity index (χ3v) is 2.29. The van der Waals surface area contributed by atoms with E-state index in [4.69, 9.17) is 16.9 Å². The van der Waals surface area contributed by atoms with Crippen molar-refractivity contribution < 1.29 is 0 Å². The zero-order valence-electron chi connectivity index (χ0n) is 8.68. The Balaban J connectivity index is 2.68. The minimum absolute atomic E-state index is 0.609. The molecule has 0 aliphatic heterocycles. The van der Waals surface area contributed by atoms with Crippen LogP contribution in [0.4, 0.5) is 5.69 Å². The maximum Gasteiger partial charge on any atom is 0.0992 e. The quantitative estimate of drug-likeness (QED) is 0.788. The Bertz CT molecular complexity index is 405. The van der Waals surface area contributed by atoms with Crippen LogP contribution in [0.25, 0.3) is 0 Å². The van der Waals surface area contributed by atoms with Gasteiger partial charge in [-0.1, -0.05) is 17.2 Å². The van der Waals surface area contributed by atoms with Gasteiger partial charge in [0.05, 0.1) is 22.3 Å². The number of nitrogens with zero attached hydrogens (tertiary/aromatic N) is 1. The molecule has 3 heteroatoms.